The summed E-state index contributed by atoms with van der Waals surface area (Å²) >= 11 is 0. The van der Waals surface area contributed by atoms with Gasteiger partial charge in [-0.15, -0.1) is 0 Å². The summed E-state index contributed by atoms with van der Waals surface area (Å²) in [6.07, 6.45) is 5.07. The molecule has 19 heavy (non-hydrogen) atoms. The van der Waals surface area contributed by atoms with Crippen molar-refractivity contribution in [3.05, 3.63) is 12.4 Å². The van der Waals surface area contributed by atoms with E-state index in [0.717, 1.165) is 19.3 Å². The normalized spacial score (nSPS) is 16.4. The van der Waals surface area contributed by atoms with Crippen molar-refractivity contribution in [1.29, 1.82) is 0 Å². The van der Waals surface area contributed by atoms with E-state index in [-0.39, 0.29) is 30.0 Å². The number of nitrogens with one attached hydrogen (secondary N) is 1. The molecule has 1 aromatic rings. The highest BCUT2D eigenvalue weighted by atomic mass is 32.2. The Kier molecular flexibility index (Phi) is 4.30. The highest BCUT2D eigenvalue weighted by Crippen LogP contribution is 2.29. The summed E-state index contributed by atoms with van der Waals surface area (Å²) in [7, 11) is -3.67. The van der Waals surface area contributed by atoms with Crippen LogP contribution in [0.5, 0.6) is 0 Å². The molecule has 0 atom stereocenters. The number of aliphatic hydroxyl groups is 1. The summed E-state index contributed by atoms with van der Waals surface area (Å²) in [5, 5.41) is 9.03. The molecule has 4 N–H and O–H groups in total. The molecule has 0 radical (unpaired) electrons. The maximum absolute atomic E-state index is 12.4. The lowest BCUT2D eigenvalue weighted by Gasteiger charge is -2.35. The van der Waals surface area contributed by atoms with E-state index in [1.807, 2.05) is 0 Å². The van der Waals surface area contributed by atoms with Gasteiger partial charge < -0.3 is 5.11 Å². The Morgan fingerprint density at radius 3 is 2.47 bits per heavy atom. The van der Waals surface area contributed by atoms with Crippen LogP contribution in [0.2, 0.25) is 0 Å². The lowest BCUT2D eigenvalue weighted by molar-refractivity contribution is 0.178. The molecule has 106 valence electrons. The molecule has 8 nitrogen and oxygen atoms in total. The smallest absolute Gasteiger partial charge is 0.246 e. The zero-order valence-corrected chi connectivity index (χ0v) is 11.2. The molecular formula is C10H17N5O3S. The van der Waals surface area contributed by atoms with E-state index in [2.05, 4.69) is 15.4 Å². The summed E-state index contributed by atoms with van der Waals surface area (Å²) in [6, 6.07) is -0.0375. The van der Waals surface area contributed by atoms with Crippen LogP contribution in [0.25, 0.3) is 0 Å². The molecule has 0 unspecified atom stereocenters. The number of hydrazine groups is 1. The average Bonchev–Trinajstić information content (AvgIpc) is 2.36. The third-order valence-electron chi connectivity index (χ3n) is 3.17. The monoisotopic (exact) mass is 287 g/mol. The topological polar surface area (TPSA) is 121 Å². The Morgan fingerprint density at radius 1 is 1.42 bits per heavy atom. The molecule has 0 aliphatic heterocycles. The molecule has 0 bridgehead atoms. The summed E-state index contributed by atoms with van der Waals surface area (Å²) in [5.74, 6) is 5.28. The Morgan fingerprint density at radius 2 is 2.05 bits per heavy atom. The maximum atomic E-state index is 12.4. The molecule has 0 saturated heterocycles. The zero-order chi connectivity index (χ0) is 13.9. The summed E-state index contributed by atoms with van der Waals surface area (Å²) in [5.41, 5.74) is 2.23. The van der Waals surface area contributed by atoms with Crippen LogP contribution >= 0.6 is 0 Å². The molecule has 1 aromatic heterocycles. The Balaban J connectivity index is 2.26. The van der Waals surface area contributed by atoms with Crippen LogP contribution in [-0.4, -0.2) is 47.0 Å². The van der Waals surface area contributed by atoms with Crippen molar-refractivity contribution in [3.8, 4) is 0 Å². The second-order valence-electron chi connectivity index (χ2n) is 4.31. The second kappa shape index (κ2) is 5.78. The van der Waals surface area contributed by atoms with Gasteiger partial charge in [-0.05, 0) is 12.8 Å². The maximum Gasteiger partial charge on any atom is 0.246 e. The van der Waals surface area contributed by atoms with Gasteiger partial charge in [0.05, 0.1) is 19.0 Å². The minimum Gasteiger partial charge on any atom is -0.395 e. The minimum absolute atomic E-state index is 0.00634. The van der Waals surface area contributed by atoms with Gasteiger partial charge in [-0.25, -0.2) is 24.2 Å². The quantitative estimate of drug-likeness (QED) is 0.467. The first-order valence-corrected chi connectivity index (χ1v) is 7.45. The van der Waals surface area contributed by atoms with Crippen molar-refractivity contribution in [2.45, 2.75) is 30.2 Å². The summed E-state index contributed by atoms with van der Waals surface area (Å²) in [6.45, 7) is -0.122. The fourth-order valence-corrected chi connectivity index (χ4v) is 3.50. The van der Waals surface area contributed by atoms with Gasteiger partial charge in [0, 0.05) is 12.6 Å². The van der Waals surface area contributed by atoms with Crippen molar-refractivity contribution in [3.63, 3.8) is 0 Å². The standard InChI is InChI=1S/C10H17N5O3S/c11-14-10-12-6-9(7-13-10)19(17,18)15(4-5-16)8-2-1-3-8/h6-8,16H,1-5,11H2,(H,12,13,14). The van der Waals surface area contributed by atoms with Gasteiger partial charge in [0.1, 0.15) is 4.90 Å². The fourth-order valence-electron chi connectivity index (χ4n) is 1.93. The Bertz CT molecular complexity index is 514. The lowest BCUT2D eigenvalue weighted by atomic mass is 9.93. The number of aliphatic hydroxyl groups excluding tert-OH is 1. The highest BCUT2D eigenvalue weighted by Gasteiger charge is 2.34. The van der Waals surface area contributed by atoms with E-state index in [4.69, 9.17) is 10.9 Å². The number of hydrogen-bond donors (Lipinski definition) is 3. The molecule has 0 aromatic carbocycles. The number of aromatic nitrogens is 2. The van der Waals surface area contributed by atoms with Crippen molar-refractivity contribution in [2.75, 3.05) is 18.6 Å². The number of rotatable bonds is 6. The van der Waals surface area contributed by atoms with Crippen LogP contribution in [0.3, 0.4) is 0 Å². The zero-order valence-electron chi connectivity index (χ0n) is 10.4. The number of anilines is 1. The van der Waals surface area contributed by atoms with Gasteiger partial charge in [-0.2, -0.15) is 4.31 Å². The van der Waals surface area contributed by atoms with Gasteiger partial charge in [-0.1, -0.05) is 6.42 Å². The van der Waals surface area contributed by atoms with Gasteiger partial charge in [-0.3, -0.25) is 5.43 Å². The van der Waals surface area contributed by atoms with E-state index in [9.17, 15) is 8.42 Å². The van der Waals surface area contributed by atoms with E-state index in [1.165, 1.54) is 16.7 Å². The van der Waals surface area contributed by atoms with Crippen LogP contribution < -0.4 is 11.3 Å². The van der Waals surface area contributed by atoms with Crippen molar-refractivity contribution in [1.82, 2.24) is 14.3 Å². The van der Waals surface area contributed by atoms with Crippen molar-refractivity contribution < 1.29 is 13.5 Å². The molecule has 1 heterocycles. The van der Waals surface area contributed by atoms with Gasteiger partial charge in [0.2, 0.25) is 16.0 Å². The Hall–Kier alpha value is -1.29. The van der Waals surface area contributed by atoms with Crippen molar-refractivity contribution in [2.24, 2.45) is 5.84 Å². The molecule has 0 amide bonds. The first-order valence-electron chi connectivity index (χ1n) is 6.01. The molecule has 1 fully saturated rings. The van der Waals surface area contributed by atoms with Gasteiger partial charge in [0.15, 0.2) is 0 Å². The van der Waals surface area contributed by atoms with E-state index >= 15 is 0 Å². The molecule has 0 spiro atoms. The highest BCUT2D eigenvalue weighted by molar-refractivity contribution is 7.89. The predicted octanol–water partition coefficient (Wildman–Crippen LogP) is -0.702. The van der Waals surface area contributed by atoms with Crippen LogP contribution in [-0.2, 0) is 10.0 Å². The molecule has 2 rings (SSSR count). The number of nitrogen functional groups attached to an aromatic ring is 1. The third-order valence-corrected chi connectivity index (χ3v) is 5.07. The molecule has 1 aliphatic carbocycles. The minimum atomic E-state index is -3.67. The Labute approximate surface area is 111 Å². The van der Waals surface area contributed by atoms with Gasteiger partial charge >= 0.3 is 0 Å². The molecule has 1 saturated carbocycles. The van der Waals surface area contributed by atoms with E-state index in [0.29, 0.717) is 0 Å². The lowest BCUT2D eigenvalue weighted by Crippen LogP contribution is -2.45. The van der Waals surface area contributed by atoms with Crippen LogP contribution in [0.15, 0.2) is 17.3 Å². The first-order chi connectivity index (χ1) is 9.09. The average molecular weight is 287 g/mol. The first kappa shape index (κ1) is 14.1. The second-order valence-corrected chi connectivity index (χ2v) is 6.20. The molecular weight excluding hydrogens is 270 g/mol. The van der Waals surface area contributed by atoms with Crippen LogP contribution in [0, 0.1) is 0 Å². The van der Waals surface area contributed by atoms with Crippen LogP contribution in [0.1, 0.15) is 19.3 Å². The van der Waals surface area contributed by atoms with E-state index in [1.54, 1.807) is 0 Å². The van der Waals surface area contributed by atoms with Gasteiger partial charge in [0.25, 0.3) is 0 Å². The summed E-state index contributed by atoms with van der Waals surface area (Å²) in [4.78, 5) is 7.59. The number of nitrogens with two attached hydrogens (primary N) is 1. The number of nitrogens with zero attached hydrogens (tertiary/aromatic N) is 3. The summed E-state index contributed by atoms with van der Waals surface area (Å²) < 4.78 is 26.2. The number of hydrogen-bond acceptors (Lipinski definition) is 7. The van der Waals surface area contributed by atoms with Crippen LogP contribution in [0.4, 0.5) is 5.95 Å². The predicted molar refractivity (Wildman–Crippen MR) is 68.5 cm³/mol. The van der Waals surface area contributed by atoms with E-state index < -0.39 is 10.0 Å². The SMILES string of the molecule is NNc1ncc(S(=O)(=O)N(CCO)C2CCC2)cn1. The van der Waals surface area contributed by atoms with Crippen molar-refractivity contribution >= 4 is 16.0 Å². The molecule has 1 aliphatic rings. The largest absolute Gasteiger partial charge is 0.395 e. The fraction of sp³-hybridized carbons (Fsp3) is 0.600. The third kappa shape index (κ3) is 2.84. The number of sulfonamides is 1. The molecule has 9 heteroatoms.